The summed E-state index contributed by atoms with van der Waals surface area (Å²) in [6.07, 6.45) is 1.61. The normalized spacial score (nSPS) is 17.2. The Morgan fingerprint density at radius 2 is 2.26 bits per heavy atom. The van der Waals surface area contributed by atoms with Crippen LogP contribution in [0.4, 0.5) is 4.39 Å². The summed E-state index contributed by atoms with van der Waals surface area (Å²) >= 11 is 0. The summed E-state index contributed by atoms with van der Waals surface area (Å²) in [4.78, 5) is 11.8. The molecule has 3 N–H and O–H groups in total. The molecule has 4 nitrogen and oxygen atoms in total. The molecule has 0 aromatic heterocycles. The Morgan fingerprint density at radius 3 is 2.79 bits per heavy atom. The smallest absolute Gasteiger partial charge is 0.239 e. The first-order chi connectivity index (χ1) is 8.57. The van der Waals surface area contributed by atoms with Crippen LogP contribution in [0.1, 0.15) is 18.4 Å². The molecule has 19 heavy (non-hydrogen) atoms. The highest BCUT2D eigenvalue weighted by Crippen LogP contribution is 2.45. The van der Waals surface area contributed by atoms with Crippen LogP contribution in [0.3, 0.4) is 0 Å². The van der Waals surface area contributed by atoms with E-state index in [1.54, 1.807) is 6.07 Å². The Balaban J connectivity index is 0.00000180. The average molecular weight is 289 g/mol. The summed E-state index contributed by atoms with van der Waals surface area (Å²) in [5, 5.41) is 2.88. The minimum Gasteiger partial charge on any atom is -0.383 e. The van der Waals surface area contributed by atoms with Crippen LogP contribution < -0.4 is 11.1 Å². The fraction of sp³-hybridized carbons (Fsp3) is 0.462. The Labute approximate surface area is 117 Å². The van der Waals surface area contributed by atoms with Crippen LogP contribution in [0.5, 0.6) is 0 Å². The van der Waals surface area contributed by atoms with Crippen LogP contribution in [0, 0.1) is 5.82 Å². The minimum absolute atomic E-state index is 0. The molecule has 0 spiro atoms. The fourth-order valence-corrected chi connectivity index (χ4v) is 1.98. The quantitative estimate of drug-likeness (QED) is 0.859. The fourth-order valence-electron chi connectivity index (χ4n) is 1.98. The Kier molecular flexibility index (Phi) is 5.29. The predicted octanol–water partition coefficient (Wildman–Crippen LogP) is 1.33. The maximum atomic E-state index is 13.2. The van der Waals surface area contributed by atoms with Crippen LogP contribution in [0.15, 0.2) is 24.3 Å². The second-order valence-corrected chi connectivity index (χ2v) is 4.64. The Morgan fingerprint density at radius 1 is 1.58 bits per heavy atom. The predicted molar refractivity (Wildman–Crippen MR) is 72.6 cm³/mol. The molecular weight excluding hydrogens is 271 g/mol. The molecule has 1 saturated carbocycles. The third kappa shape index (κ3) is 3.65. The van der Waals surface area contributed by atoms with Crippen LogP contribution >= 0.6 is 12.4 Å². The van der Waals surface area contributed by atoms with Crippen molar-refractivity contribution in [2.24, 2.45) is 5.73 Å². The summed E-state index contributed by atoms with van der Waals surface area (Å²) in [6, 6.07) is 5.61. The van der Waals surface area contributed by atoms with Crippen molar-refractivity contribution in [3.63, 3.8) is 0 Å². The summed E-state index contributed by atoms with van der Waals surface area (Å²) < 4.78 is 18.0. The van der Waals surface area contributed by atoms with E-state index in [2.05, 4.69) is 5.32 Å². The van der Waals surface area contributed by atoms with Gasteiger partial charge >= 0.3 is 0 Å². The third-order valence-electron chi connectivity index (χ3n) is 3.17. The lowest BCUT2D eigenvalue weighted by atomic mass is 10.0. The van der Waals surface area contributed by atoms with Crippen molar-refractivity contribution >= 4 is 18.3 Å². The van der Waals surface area contributed by atoms with E-state index in [9.17, 15) is 9.18 Å². The van der Waals surface area contributed by atoms with Crippen LogP contribution in [0.2, 0.25) is 0 Å². The molecule has 0 heterocycles. The molecule has 106 valence electrons. The SMILES string of the molecule is COCC(N)C(=O)NC1(c2cccc(F)c2)CC1.Cl. The molecule has 2 rings (SSSR count). The molecule has 0 radical (unpaired) electrons. The van der Waals surface area contributed by atoms with E-state index in [0.29, 0.717) is 0 Å². The number of halogens is 2. The molecule has 6 heteroatoms. The van der Waals surface area contributed by atoms with Crippen LogP contribution in [-0.2, 0) is 15.1 Å². The molecule has 1 amide bonds. The van der Waals surface area contributed by atoms with E-state index in [-0.39, 0.29) is 30.7 Å². The van der Waals surface area contributed by atoms with Crippen molar-refractivity contribution in [1.82, 2.24) is 5.32 Å². The zero-order valence-electron chi connectivity index (χ0n) is 10.7. The standard InChI is InChI=1S/C13H17FN2O2.ClH/c1-18-8-11(15)12(17)16-13(5-6-13)9-3-2-4-10(14)7-9;/h2-4,7,11H,5-6,8,15H2,1H3,(H,16,17);1H. The lowest BCUT2D eigenvalue weighted by molar-refractivity contribution is -0.124. The first-order valence-electron chi connectivity index (χ1n) is 5.90. The van der Waals surface area contributed by atoms with Gasteiger partial charge in [-0.25, -0.2) is 4.39 Å². The number of hydrogen-bond donors (Lipinski definition) is 2. The van der Waals surface area contributed by atoms with Crippen LogP contribution in [0.25, 0.3) is 0 Å². The molecule has 1 aliphatic carbocycles. The van der Waals surface area contributed by atoms with Crippen molar-refractivity contribution in [3.8, 4) is 0 Å². The molecule has 0 saturated heterocycles. The average Bonchev–Trinajstić information content (AvgIpc) is 3.10. The number of carbonyl (C=O) groups excluding carboxylic acids is 1. The zero-order valence-corrected chi connectivity index (χ0v) is 11.5. The highest BCUT2D eigenvalue weighted by atomic mass is 35.5. The number of benzene rings is 1. The van der Waals surface area contributed by atoms with Crippen molar-refractivity contribution in [2.45, 2.75) is 24.4 Å². The Hall–Kier alpha value is -1.17. The van der Waals surface area contributed by atoms with Gasteiger partial charge in [-0.2, -0.15) is 0 Å². The molecule has 1 aromatic rings. The van der Waals surface area contributed by atoms with Crippen molar-refractivity contribution in [3.05, 3.63) is 35.6 Å². The van der Waals surface area contributed by atoms with Crippen molar-refractivity contribution < 1.29 is 13.9 Å². The van der Waals surface area contributed by atoms with E-state index in [1.165, 1.54) is 19.2 Å². The molecule has 1 aromatic carbocycles. The minimum atomic E-state index is -0.693. The van der Waals surface area contributed by atoms with Gasteiger partial charge in [0.1, 0.15) is 11.9 Å². The van der Waals surface area contributed by atoms with Gasteiger partial charge in [-0.05, 0) is 30.5 Å². The molecular formula is C13H18ClFN2O2. The highest BCUT2D eigenvalue weighted by Gasteiger charge is 2.46. The molecule has 1 atom stereocenters. The molecule has 1 fully saturated rings. The summed E-state index contributed by atoms with van der Waals surface area (Å²) in [7, 11) is 1.49. The highest BCUT2D eigenvalue weighted by molar-refractivity contribution is 5.85. The first-order valence-corrected chi connectivity index (χ1v) is 5.90. The van der Waals surface area contributed by atoms with E-state index in [4.69, 9.17) is 10.5 Å². The van der Waals surface area contributed by atoms with Gasteiger partial charge in [-0.3, -0.25) is 4.79 Å². The van der Waals surface area contributed by atoms with E-state index < -0.39 is 11.6 Å². The van der Waals surface area contributed by atoms with Gasteiger partial charge in [0.05, 0.1) is 12.1 Å². The largest absolute Gasteiger partial charge is 0.383 e. The number of nitrogens with two attached hydrogens (primary N) is 1. The first kappa shape index (κ1) is 15.9. The summed E-state index contributed by atoms with van der Waals surface area (Å²) in [5.74, 6) is -0.562. The third-order valence-corrected chi connectivity index (χ3v) is 3.17. The number of amides is 1. The number of rotatable bonds is 5. The number of methoxy groups -OCH3 is 1. The zero-order chi connectivity index (χ0) is 13.2. The second kappa shape index (κ2) is 6.32. The Bertz CT molecular complexity index is 452. The van der Waals surface area contributed by atoms with Crippen molar-refractivity contribution in [2.75, 3.05) is 13.7 Å². The molecule has 0 aliphatic heterocycles. The number of carbonyl (C=O) groups is 1. The second-order valence-electron chi connectivity index (χ2n) is 4.64. The van der Waals surface area contributed by atoms with Gasteiger partial charge in [0.15, 0.2) is 0 Å². The topological polar surface area (TPSA) is 64.3 Å². The van der Waals surface area contributed by atoms with Gasteiger partial charge in [0.2, 0.25) is 5.91 Å². The monoisotopic (exact) mass is 288 g/mol. The van der Waals surface area contributed by atoms with Crippen molar-refractivity contribution in [1.29, 1.82) is 0 Å². The molecule has 1 unspecified atom stereocenters. The maximum absolute atomic E-state index is 13.2. The number of ether oxygens (including phenoxy) is 1. The maximum Gasteiger partial charge on any atom is 0.239 e. The van der Waals surface area contributed by atoms with Crippen LogP contribution in [-0.4, -0.2) is 25.7 Å². The van der Waals surface area contributed by atoms with E-state index >= 15 is 0 Å². The molecule has 1 aliphatic rings. The van der Waals surface area contributed by atoms with Gasteiger partial charge < -0.3 is 15.8 Å². The lowest BCUT2D eigenvalue weighted by Gasteiger charge is -2.20. The van der Waals surface area contributed by atoms with Gasteiger partial charge in [-0.15, -0.1) is 12.4 Å². The summed E-state index contributed by atoms with van der Waals surface area (Å²) in [6.45, 7) is 0.172. The summed E-state index contributed by atoms with van der Waals surface area (Å²) in [5.41, 5.74) is 6.01. The van der Waals surface area contributed by atoms with Gasteiger partial charge in [0.25, 0.3) is 0 Å². The van der Waals surface area contributed by atoms with Gasteiger partial charge in [-0.1, -0.05) is 12.1 Å². The molecule has 0 bridgehead atoms. The van der Waals surface area contributed by atoms with Gasteiger partial charge in [0, 0.05) is 7.11 Å². The van der Waals surface area contributed by atoms with E-state index in [0.717, 1.165) is 18.4 Å². The lowest BCUT2D eigenvalue weighted by Crippen LogP contribution is -2.47. The number of hydrogen-bond acceptors (Lipinski definition) is 3. The number of nitrogens with one attached hydrogen (secondary N) is 1. The van der Waals surface area contributed by atoms with E-state index in [1.807, 2.05) is 6.07 Å².